The number of aryl methyl sites for hydroxylation is 1. The fraction of sp³-hybridized carbons (Fsp3) is 0.176. The fourth-order valence-corrected chi connectivity index (χ4v) is 3.54. The average molecular weight is 330 g/mol. The summed E-state index contributed by atoms with van der Waals surface area (Å²) in [5.74, 6) is -0.189. The van der Waals surface area contributed by atoms with Crippen molar-refractivity contribution in [3.05, 3.63) is 58.3 Å². The quantitative estimate of drug-likeness (QED) is 0.782. The van der Waals surface area contributed by atoms with Crippen molar-refractivity contribution in [2.24, 2.45) is 0 Å². The van der Waals surface area contributed by atoms with Gasteiger partial charge in [0.05, 0.1) is 11.5 Å². The standard InChI is InChI=1S/C17H15FN2O2S/c1-10-5-3-8-14(19-10)20-17(21)16-11(9-22-2)15-12(18)6-4-7-13(15)23-16/h3-8H,9H2,1-2H3,(H,19,20,21). The minimum absolute atomic E-state index is 0.172. The van der Waals surface area contributed by atoms with Crippen LogP contribution in [0.1, 0.15) is 20.9 Å². The van der Waals surface area contributed by atoms with E-state index in [4.69, 9.17) is 4.74 Å². The molecule has 3 rings (SSSR count). The molecule has 1 aromatic carbocycles. The molecule has 0 saturated carbocycles. The number of carbonyl (C=O) groups excluding carboxylic acids is 1. The second-order valence-electron chi connectivity index (χ2n) is 5.07. The molecule has 0 aliphatic rings. The second-order valence-corrected chi connectivity index (χ2v) is 6.13. The molecule has 118 valence electrons. The van der Waals surface area contributed by atoms with Crippen molar-refractivity contribution in [1.29, 1.82) is 0 Å². The van der Waals surface area contributed by atoms with Gasteiger partial charge >= 0.3 is 0 Å². The summed E-state index contributed by atoms with van der Waals surface area (Å²) in [6.45, 7) is 2.02. The average Bonchev–Trinajstić information content (AvgIpc) is 2.88. The summed E-state index contributed by atoms with van der Waals surface area (Å²) in [5.41, 5.74) is 1.37. The van der Waals surface area contributed by atoms with Gasteiger partial charge in [-0.25, -0.2) is 9.37 Å². The Morgan fingerprint density at radius 3 is 2.83 bits per heavy atom. The predicted octanol–water partition coefficient (Wildman–Crippen LogP) is 4.14. The Morgan fingerprint density at radius 1 is 1.30 bits per heavy atom. The highest BCUT2D eigenvalue weighted by atomic mass is 32.1. The summed E-state index contributed by atoms with van der Waals surface area (Å²) in [6.07, 6.45) is 0. The molecule has 2 heterocycles. The number of nitrogens with zero attached hydrogens (tertiary/aromatic N) is 1. The Hall–Kier alpha value is -2.31. The van der Waals surface area contributed by atoms with E-state index in [-0.39, 0.29) is 18.3 Å². The largest absolute Gasteiger partial charge is 0.380 e. The molecule has 0 spiro atoms. The fourth-order valence-electron chi connectivity index (χ4n) is 2.42. The molecule has 0 aliphatic carbocycles. The van der Waals surface area contributed by atoms with E-state index in [1.165, 1.54) is 24.5 Å². The third-order valence-corrected chi connectivity index (χ3v) is 4.58. The van der Waals surface area contributed by atoms with E-state index < -0.39 is 0 Å². The lowest BCUT2D eigenvalue weighted by Crippen LogP contribution is -2.13. The molecule has 1 N–H and O–H groups in total. The molecule has 0 bridgehead atoms. The highest BCUT2D eigenvalue weighted by molar-refractivity contribution is 7.21. The van der Waals surface area contributed by atoms with Crippen LogP contribution in [0.5, 0.6) is 0 Å². The maximum Gasteiger partial charge on any atom is 0.267 e. The van der Waals surface area contributed by atoms with Crippen LogP contribution in [-0.4, -0.2) is 18.0 Å². The van der Waals surface area contributed by atoms with Crippen LogP contribution >= 0.6 is 11.3 Å². The normalized spacial score (nSPS) is 10.9. The van der Waals surface area contributed by atoms with E-state index in [0.29, 0.717) is 21.6 Å². The lowest BCUT2D eigenvalue weighted by molar-refractivity contribution is 0.102. The van der Waals surface area contributed by atoms with E-state index in [9.17, 15) is 9.18 Å². The molecule has 4 nitrogen and oxygen atoms in total. The number of rotatable bonds is 4. The highest BCUT2D eigenvalue weighted by Crippen LogP contribution is 2.34. The molecule has 0 radical (unpaired) electrons. The third kappa shape index (κ3) is 3.09. The minimum Gasteiger partial charge on any atom is -0.380 e. The summed E-state index contributed by atoms with van der Waals surface area (Å²) in [7, 11) is 1.52. The van der Waals surface area contributed by atoms with Crippen molar-refractivity contribution >= 4 is 33.1 Å². The third-order valence-electron chi connectivity index (χ3n) is 3.39. The number of ether oxygens (including phenoxy) is 1. The first-order valence-corrected chi connectivity index (χ1v) is 7.85. The van der Waals surface area contributed by atoms with E-state index in [2.05, 4.69) is 10.3 Å². The van der Waals surface area contributed by atoms with Crippen LogP contribution in [0, 0.1) is 12.7 Å². The molecule has 0 fully saturated rings. The second kappa shape index (κ2) is 6.44. The molecule has 0 atom stereocenters. The Bertz CT molecular complexity index is 876. The van der Waals surface area contributed by atoms with E-state index in [0.717, 1.165) is 10.4 Å². The number of aromatic nitrogens is 1. The minimum atomic E-state index is -0.349. The van der Waals surface area contributed by atoms with Crippen LogP contribution in [0.4, 0.5) is 10.2 Å². The van der Waals surface area contributed by atoms with Gasteiger partial charge in [-0.15, -0.1) is 11.3 Å². The molecule has 1 amide bonds. The maximum absolute atomic E-state index is 14.1. The molecule has 23 heavy (non-hydrogen) atoms. The number of benzene rings is 1. The zero-order chi connectivity index (χ0) is 16.4. The Labute approximate surface area is 136 Å². The van der Waals surface area contributed by atoms with Crippen molar-refractivity contribution in [3.63, 3.8) is 0 Å². The van der Waals surface area contributed by atoms with Gasteiger partial charge in [-0.2, -0.15) is 0 Å². The van der Waals surface area contributed by atoms with Crippen molar-refractivity contribution in [2.45, 2.75) is 13.5 Å². The van der Waals surface area contributed by atoms with Crippen LogP contribution in [0.15, 0.2) is 36.4 Å². The maximum atomic E-state index is 14.1. The SMILES string of the molecule is COCc1c(C(=O)Nc2cccc(C)n2)sc2cccc(F)c12. The van der Waals surface area contributed by atoms with Crippen LogP contribution in [0.25, 0.3) is 10.1 Å². The molecular formula is C17H15FN2O2S. The van der Waals surface area contributed by atoms with Crippen LogP contribution < -0.4 is 5.32 Å². The van der Waals surface area contributed by atoms with Crippen molar-refractivity contribution in [3.8, 4) is 0 Å². The first-order valence-electron chi connectivity index (χ1n) is 7.04. The highest BCUT2D eigenvalue weighted by Gasteiger charge is 2.21. The number of amides is 1. The first-order chi connectivity index (χ1) is 11.1. The molecule has 0 saturated heterocycles. The van der Waals surface area contributed by atoms with Gasteiger partial charge < -0.3 is 10.1 Å². The lowest BCUT2D eigenvalue weighted by atomic mass is 10.1. The van der Waals surface area contributed by atoms with Crippen molar-refractivity contribution in [2.75, 3.05) is 12.4 Å². The summed E-state index contributed by atoms with van der Waals surface area (Å²) in [4.78, 5) is 17.3. The molecular weight excluding hydrogens is 315 g/mol. The van der Waals surface area contributed by atoms with Gasteiger partial charge in [0, 0.05) is 28.5 Å². The molecule has 0 unspecified atom stereocenters. The predicted molar refractivity (Wildman–Crippen MR) is 89.4 cm³/mol. The molecule has 6 heteroatoms. The van der Waals surface area contributed by atoms with E-state index >= 15 is 0 Å². The van der Waals surface area contributed by atoms with Crippen LogP contribution in [-0.2, 0) is 11.3 Å². The molecule has 0 aliphatic heterocycles. The molecule has 3 aromatic rings. The number of halogens is 1. The van der Waals surface area contributed by atoms with Gasteiger partial charge in [-0.1, -0.05) is 12.1 Å². The number of fused-ring (bicyclic) bond motifs is 1. The number of hydrogen-bond acceptors (Lipinski definition) is 4. The Morgan fingerprint density at radius 2 is 2.09 bits per heavy atom. The Balaban J connectivity index is 2.03. The number of pyridine rings is 1. The monoisotopic (exact) mass is 330 g/mol. The van der Waals surface area contributed by atoms with Crippen molar-refractivity contribution < 1.29 is 13.9 Å². The summed E-state index contributed by atoms with van der Waals surface area (Å²) >= 11 is 1.25. The Kier molecular flexibility index (Phi) is 4.36. The number of carbonyl (C=O) groups is 1. The van der Waals surface area contributed by atoms with Gasteiger partial charge in [-0.3, -0.25) is 4.79 Å². The lowest BCUT2D eigenvalue weighted by Gasteiger charge is -2.06. The van der Waals surface area contributed by atoms with Crippen LogP contribution in [0.2, 0.25) is 0 Å². The summed E-state index contributed by atoms with van der Waals surface area (Å²) in [6, 6.07) is 10.2. The van der Waals surface area contributed by atoms with Crippen molar-refractivity contribution in [1.82, 2.24) is 4.98 Å². The van der Waals surface area contributed by atoms with Gasteiger partial charge in [0.25, 0.3) is 5.91 Å². The van der Waals surface area contributed by atoms with Gasteiger partial charge in [-0.05, 0) is 31.2 Å². The number of methoxy groups -OCH3 is 1. The smallest absolute Gasteiger partial charge is 0.267 e. The number of hydrogen-bond donors (Lipinski definition) is 1. The number of anilines is 1. The topological polar surface area (TPSA) is 51.2 Å². The zero-order valence-corrected chi connectivity index (χ0v) is 13.5. The number of thiophene rings is 1. The van der Waals surface area contributed by atoms with E-state index in [1.807, 2.05) is 19.1 Å². The first kappa shape index (κ1) is 15.6. The zero-order valence-electron chi connectivity index (χ0n) is 12.7. The van der Waals surface area contributed by atoms with Gasteiger partial charge in [0.15, 0.2) is 0 Å². The van der Waals surface area contributed by atoms with Crippen LogP contribution in [0.3, 0.4) is 0 Å². The van der Waals surface area contributed by atoms with Gasteiger partial charge in [0.2, 0.25) is 0 Å². The van der Waals surface area contributed by atoms with E-state index in [1.54, 1.807) is 18.2 Å². The summed E-state index contributed by atoms with van der Waals surface area (Å²) < 4.78 is 20.0. The molecule has 2 aromatic heterocycles. The number of nitrogens with one attached hydrogen (secondary N) is 1. The summed E-state index contributed by atoms with van der Waals surface area (Å²) in [5, 5.41) is 3.21. The van der Waals surface area contributed by atoms with Gasteiger partial charge in [0.1, 0.15) is 11.6 Å².